The molecule has 0 atom stereocenters. The van der Waals surface area contributed by atoms with Gasteiger partial charge in [-0.25, -0.2) is 4.98 Å². The van der Waals surface area contributed by atoms with E-state index in [4.69, 9.17) is 4.74 Å². The quantitative estimate of drug-likeness (QED) is 0.727. The summed E-state index contributed by atoms with van der Waals surface area (Å²) in [5, 5.41) is 5.90. The van der Waals surface area contributed by atoms with Crippen molar-refractivity contribution in [3.05, 3.63) is 70.7 Å². The molecule has 0 unspecified atom stereocenters. The molecule has 0 fully saturated rings. The number of nitrogens with zero attached hydrogens (tertiary/aromatic N) is 1. The molecule has 0 bridgehead atoms. The minimum absolute atomic E-state index is 0.0520. The average molecular weight is 352 g/mol. The summed E-state index contributed by atoms with van der Waals surface area (Å²) in [6.45, 7) is 2.54. The molecule has 0 saturated carbocycles. The number of rotatable bonds is 6. The van der Waals surface area contributed by atoms with Crippen LogP contribution in [0.1, 0.15) is 21.6 Å². The Balaban J connectivity index is 1.60. The fourth-order valence-corrected chi connectivity index (χ4v) is 3.44. The lowest BCUT2D eigenvalue weighted by molar-refractivity contribution is 0.0954. The van der Waals surface area contributed by atoms with Crippen LogP contribution in [0.2, 0.25) is 0 Å². The van der Waals surface area contributed by atoms with Gasteiger partial charge in [-0.1, -0.05) is 29.8 Å². The van der Waals surface area contributed by atoms with Crippen LogP contribution in [0.15, 0.2) is 53.9 Å². The van der Waals surface area contributed by atoms with Gasteiger partial charge >= 0.3 is 0 Å². The van der Waals surface area contributed by atoms with E-state index in [0.717, 1.165) is 27.6 Å². The highest BCUT2D eigenvalue weighted by molar-refractivity contribution is 7.13. The van der Waals surface area contributed by atoms with Gasteiger partial charge in [-0.05, 0) is 31.2 Å². The summed E-state index contributed by atoms with van der Waals surface area (Å²) >= 11 is 1.59. The second-order valence-corrected chi connectivity index (χ2v) is 6.58. The molecule has 0 spiro atoms. The lowest BCUT2D eigenvalue weighted by Crippen LogP contribution is -2.25. The molecule has 2 aromatic carbocycles. The van der Waals surface area contributed by atoms with Crippen LogP contribution < -0.4 is 10.1 Å². The van der Waals surface area contributed by atoms with E-state index in [2.05, 4.69) is 10.3 Å². The molecule has 0 aliphatic heterocycles. The maximum Gasteiger partial charge on any atom is 0.251 e. The monoisotopic (exact) mass is 352 g/mol. The Bertz CT molecular complexity index is 873. The number of aromatic nitrogens is 1. The Morgan fingerprint density at radius 3 is 2.84 bits per heavy atom. The standard InChI is InChI=1S/C20H20N2O2S/c1-14-6-5-7-15(12-14)19(23)21-11-10-16-13-25-20(22-16)17-8-3-4-9-18(17)24-2/h3-9,12-13H,10-11H2,1-2H3,(H,21,23). The number of para-hydroxylation sites is 1. The Kier molecular flexibility index (Phi) is 5.46. The number of nitrogens with one attached hydrogen (secondary N) is 1. The van der Waals surface area contributed by atoms with E-state index < -0.39 is 0 Å². The molecule has 3 rings (SSSR count). The Morgan fingerprint density at radius 1 is 1.20 bits per heavy atom. The van der Waals surface area contributed by atoms with Crippen molar-refractivity contribution in [1.29, 1.82) is 0 Å². The maximum atomic E-state index is 12.2. The third kappa shape index (κ3) is 4.25. The van der Waals surface area contributed by atoms with E-state index >= 15 is 0 Å². The fraction of sp³-hybridized carbons (Fsp3) is 0.200. The number of amides is 1. The smallest absolute Gasteiger partial charge is 0.251 e. The van der Waals surface area contributed by atoms with Gasteiger partial charge in [-0.3, -0.25) is 4.79 Å². The number of carbonyl (C=O) groups is 1. The summed E-state index contributed by atoms with van der Waals surface area (Å²) in [6.07, 6.45) is 0.698. The highest BCUT2D eigenvalue weighted by atomic mass is 32.1. The summed E-state index contributed by atoms with van der Waals surface area (Å²) < 4.78 is 5.39. The van der Waals surface area contributed by atoms with E-state index in [0.29, 0.717) is 18.5 Å². The number of hydrogen-bond donors (Lipinski definition) is 1. The molecule has 0 aliphatic carbocycles. The summed E-state index contributed by atoms with van der Waals surface area (Å²) in [7, 11) is 1.66. The third-order valence-electron chi connectivity index (χ3n) is 3.84. The Morgan fingerprint density at radius 2 is 2.04 bits per heavy atom. The normalized spacial score (nSPS) is 10.5. The molecule has 0 aliphatic rings. The van der Waals surface area contributed by atoms with Gasteiger partial charge in [-0.2, -0.15) is 0 Å². The Labute approximate surface area is 151 Å². The zero-order valence-electron chi connectivity index (χ0n) is 14.3. The lowest BCUT2D eigenvalue weighted by Gasteiger charge is -2.05. The van der Waals surface area contributed by atoms with Gasteiger partial charge in [0.25, 0.3) is 5.91 Å². The van der Waals surface area contributed by atoms with Gasteiger partial charge in [0.2, 0.25) is 0 Å². The number of benzene rings is 2. The first-order valence-electron chi connectivity index (χ1n) is 8.10. The van der Waals surface area contributed by atoms with Crippen LogP contribution in [-0.4, -0.2) is 24.5 Å². The van der Waals surface area contributed by atoms with Crippen LogP contribution in [0, 0.1) is 6.92 Å². The predicted octanol–water partition coefficient (Wildman–Crippen LogP) is 4.10. The highest BCUT2D eigenvalue weighted by Crippen LogP contribution is 2.31. The minimum atomic E-state index is -0.0520. The largest absolute Gasteiger partial charge is 0.496 e. The molecular formula is C20H20N2O2S. The first-order chi connectivity index (χ1) is 12.2. The van der Waals surface area contributed by atoms with Crippen LogP contribution in [0.4, 0.5) is 0 Å². The predicted molar refractivity (Wildman–Crippen MR) is 101 cm³/mol. The SMILES string of the molecule is COc1ccccc1-c1nc(CCNC(=O)c2cccc(C)c2)cs1. The van der Waals surface area contributed by atoms with Crippen molar-refractivity contribution in [3.8, 4) is 16.3 Å². The van der Waals surface area contributed by atoms with Crippen LogP contribution in [0.3, 0.4) is 0 Å². The number of hydrogen-bond acceptors (Lipinski definition) is 4. The van der Waals surface area contributed by atoms with E-state index in [9.17, 15) is 4.79 Å². The summed E-state index contributed by atoms with van der Waals surface area (Å²) in [5.74, 6) is 0.764. The number of ether oxygens (including phenoxy) is 1. The molecule has 0 saturated heterocycles. The molecule has 4 nitrogen and oxygen atoms in total. The molecule has 128 valence electrons. The van der Waals surface area contributed by atoms with Crippen molar-refractivity contribution in [1.82, 2.24) is 10.3 Å². The highest BCUT2D eigenvalue weighted by Gasteiger charge is 2.10. The van der Waals surface area contributed by atoms with Crippen LogP contribution in [0.5, 0.6) is 5.75 Å². The Hall–Kier alpha value is -2.66. The number of aryl methyl sites for hydroxylation is 1. The van der Waals surface area contributed by atoms with E-state index in [1.54, 1.807) is 18.4 Å². The van der Waals surface area contributed by atoms with Crippen molar-refractivity contribution in [2.75, 3.05) is 13.7 Å². The molecule has 1 aromatic heterocycles. The van der Waals surface area contributed by atoms with Crippen molar-refractivity contribution in [2.45, 2.75) is 13.3 Å². The molecule has 3 aromatic rings. The van der Waals surface area contributed by atoms with Gasteiger partial charge in [0.05, 0.1) is 18.4 Å². The molecular weight excluding hydrogens is 332 g/mol. The summed E-state index contributed by atoms with van der Waals surface area (Å²) in [5.41, 5.74) is 3.72. The van der Waals surface area contributed by atoms with Crippen LogP contribution >= 0.6 is 11.3 Å². The van der Waals surface area contributed by atoms with Crippen molar-refractivity contribution in [3.63, 3.8) is 0 Å². The maximum absolute atomic E-state index is 12.2. The summed E-state index contributed by atoms with van der Waals surface area (Å²) in [6, 6.07) is 15.4. The topological polar surface area (TPSA) is 51.2 Å². The second kappa shape index (κ2) is 7.94. The first kappa shape index (κ1) is 17.2. The van der Waals surface area contributed by atoms with Gasteiger partial charge in [0.1, 0.15) is 10.8 Å². The zero-order valence-corrected chi connectivity index (χ0v) is 15.1. The van der Waals surface area contributed by atoms with Crippen molar-refractivity contribution < 1.29 is 9.53 Å². The van der Waals surface area contributed by atoms with Gasteiger partial charge in [0, 0.05) is 23.9 Å². The lowest BCUT2D eigenvalue weighted by atomic mass is 10.1. The first-order valence-corrected chi connectivity index (χ1v) is 8.98. The fourth-order valence-electron chi connectivity index (χ4n) is 2.56. The second-order valence-electron chi connectivity index (χ2n) is 5.72. The number of methoxy groups -OCH3 is 1. The molecule has 1 N–H and O–H groups in total. The van der Waals surface area contributed by atoms with Gasteiger partial charge in [0.15, 0.2) is 0 Å². The average Bonchev–Trinajstić information content (AvgIpc) is 3.10. The summed E-state index contributed by atoms with van der Waals surface area (Å²) in [4.78, 5) is 16.8. The van der Waals surface area contributed by atoms with Crippen LogP contribution in [-0.2, 0) is 6.42 Å². The van der Waals surface area contributed by atoms with Gasteiger partial charge < -0.3 is 10.1 Å². The van der Waals surface area contributed by atoms with Crippen LogP contribution in [0.25, 0.3) is 10.6 Å². The molecule has 1 amide bonds. The molecule has 1 heterocycles. The van der Waals surface area contributed by atoms with Gasteiger partial charge in [-0.15, -0.1) is 11.3 Å². The molecule has 25 heavy (non-hydrogen) atoms. The van der Waals surface area contributed by atoms with E-state index in [1.165, 1.54) is 0 Å². The number of carbonyl (C=O) groups excluding carboxylic acids is 1. The van der Waals surface area contributed by atoms with E-state index in [1.807, 2.05) is 60.8 Å². The number of thiazole rings is 1. The minimum Gasteiger partial charge on any atom is -0.496 e. The molecule has 0 radical (unpaired) electrons. The van der Waals surface area contributed by atoms with Crippen molar-refractivity contribution in [2.24, 2.45) is 0 Å². The molecule has 5 heteroatoms. The van der Waals surface area contributed by atoms with E-state index in [-0.39, 0.29) is 5.91 Å². The third-order valence-corrected chi connectivity index (χ3v) is 4.76. The zero-order chi connectivity index (χ0) is 17.6. The van der Waals surface area contributed by atoms with Crippen molar-refractivity contribution >= 4 is 17.2 Å².